The fourth-order valence-electron chi connectivity index (χ4n) is 3.59. The number of nitrogens with two attached hydrogens (primary N) is 1. The summed E-state index contributed by atoms with van der Waals surface area (Å²) in [6.45, 7) is 1.19. The molecule has 38 heavy (non-hydrogen) atoms. The quantitative estimate of drug-likeness (QED) is 0.163. The normalized spacial score (nSPS) is 14.7. The molecule has 0 spiro atoms. The van der Waals surface area contributed by atoms with Crippen LogP contribution in [0.1, 0.15) is 24.5 Å². The molecule has 0 heterocycles. The molecule has 0 aliphatic heterocycles. The number of amides is 3. The monoisotopic (exact) mass is 528 g/mol. The number of benzene rings is 2. The Morgan fingerprint density at radius 3 is 1.71 bits per heavy atom. The van der Waals surface area contributed by atoms with Crippen LogP contribution in [0.3, 0.4) is 0 Å². The van der Waals surface area contributed by atoms with Crippen LogP contribution >= 0.6 is 0 Å². The molecule has 3 amide bonds. The Morgan fingerprint density at radius 2 is 1.24 bits per heavy atom. The summed E-state index contributed by atoms with van der Waals surface area (Å²) in [5.74, 6) is -5.62. The minimum Gasteiger partial charge on any atom is -0.481 e. The Bertz CT molecular complexity index is 1110. The van der Waals surface area contributed by atoms with Crippen LogP contribution < -0.4 is 21.7 Å². The van der Waals surface area contributed by atoms with Gasteiger partial charge in [0.05, 0.1) is 18.6 Å². The molecule has 0 bridgehead atoms. The van der Waals surface area contributed by atoms with E-state index in [4.69, 9.17) is 10.8 Å². The lowest BCUT2D eigenvalue weighted by atomic mass is 10.0. The van der Waals surface area contributed by atoms with Gasteiger partial charge >= 0.3 is 11.9 Å². The summed E-state index contributed by atoms with van der Waals surface area (Å²) in [6, 6.07) is 12.2. The van der Waals surface area contributed by atoms with E-state index in [1.807, 2.05) is 23.5 Å². The second-order valence-electron chi connectivity index (χ2n) is 8.77. The summed E-state index contributed by atoms with van der Waals surface area (Å²) >= 11 is 0. The van der Waals surface area contributed by atoms with Crippen LogP contribution in [-0.4, -0.2) is 75.3 Å². The second-order valence-corrected chi connectivity index (χ2v) is 8.77. The molecule has 8 N–H and O–H groups in total. The number of carboxylic acid groups (broad SMARTS) is 2. The highest BCUT2D eigenvalue weighted by molar-refractivity contribution is 5.95. The maximum atomic E-state index is 13.2. The average molecular weight is 529 g/mol. The summed E-state index contributed by atoms with van der Waals surface area (Å²) in [6.07, 6.45) is -2.15. The summed E-state index contributed by atoms with van der Waals surface area (Å²) < 4.78 is 0. The van der Waals surface area contributed by atoms with Crippen LogP contribution in [-0.2, 0) is 36.8 Å². The van der Waals surface area contributed by atoms with Crippen LogP contribution in [0.15, 0.2) is 60.7 Å². The summed E-state index contributed by atoms with van der Waals surface area (Å²) in [7, 11) is 0. The van der Waals surface area contributed by atoms with Gasteiger partial charge in [0.15, 0.2) is 0 Å². The van der Waals surface area contributed by atoms with Crippen molar-refractivity contribution in [1.29, 1.82) is 0 Å². The minimum absolute atomic E-state index is 0.0292. The lowest BCUT2D eigenvalue weighted by molar-refractivity contribution is -0.148. The molecule has 0 aromatic heterocycles. The van der Waals surface area contributed by atoms with Crippen molar-refractivity contribution in [3.63, 3.8) is 0 Å². The van der Waals surface area contributed by atoms with Crippen LogP contribution in [0.5, 0.6) is 0 Å². The van der Waals surface area contributed by atoms with Gasteiger partial charge < -0.3 is 37.0 Å². The zero-order valence-electron chi connectivity index (χ0n) is 20.7. The number of aliphatic hydroxyl groups is 1. The van der Waals surface area contributed by atoms with E-state index in [9.17, 15) is 34.2 Å². The highest BCUT2D eigenvalue weighted by Crippen LogP contribution is 2.07. The van der Waals surface area contributed by atoms with Crippen molar-refractivity contribution in [3.8, 4) is 0 Å². The lowest BCUT2D eigenvalue weighted by Gasteiger charge is -2.26. The molecule has 2 rings (SSSR count). The SMILES string of the molecule is CC(O)C(NC(=O)C(Cc1ccccc1)NC(=O)C(N)Cc1ccccc1)C(=O)NC(CC(=O)O)C(=O)O. The molecule has 204 valence electrons. The van der Waals surface area contributed by atoms with Crippen molar-refractivity contribution < 1.29 is 39.3 Å². The molecule has 0 fully saturated rings. The Labute approximate surface area is 219 Å². The molecular formula is C26H32N4O8. The fourth-order valence-corrected chi connectivity index (χ4v) is 3.59. The van der Waals surface area contributed by atoms with Crippen molar-refractivity contribution in [3.05, 3.63) is 71.8 Å². The summed E-state index contributed by atoms with van der Waals surface area (Å²) in [5.41, 5.74) is 7.57. The van der Waals surface area contributed by atoms with Gasteiger partial charge in [-0.1, -0.05) is 60.7 Å². The van der Waals surface area contributed by atoms with E-state index in [1.165, 1.54) is 6.92 Å². The molecule has 12 nitrogen and oxygen atoms in total. The van der Waals surface area contributed by atoms with Crippen molar-refractivity contribution in [2.45, 2.75) is 56.5 Å². The summed E-state index contributed by atoms with van der Waals surface area (Å²) in [5, 5.41) is 35.1. The molecule has 0 aliphatic carbocycles. The molecule has 0 radical (unpaired) electrons. The number of carbonyl (C=O) groups is 5. The number of rotatable bonds is 14. The largest absolute Gasteiger partial charge is 0.481 e. The highest BCUT2D eigenvalue weighted by atomic mass is 16.4. The Balaban J connectivity index is 2.19. The molecule has 5 unspecified atom stereocenters. The number of carboxylic acids is 2. The number of hydrogen-bond acceptors (Lipinski definition) is 7. The van der Waals surface area contributed by atoms with Gasteiger partial charge in [0, 0.05) is 6.42 Å². The highest BCUT2D eigenvalue weighted by Gasteiger charge is 2.33. The number of hydrogen-bond donors (Lipinski definition) is 7. The Kier molecular flexibility index (Phi) is 11.4. The van der Waals surface area contributed by atoms with Crippen LogP contribution in [0.4, 0.5) is 0 Å². The third kappa shape index (κ3) is 9.64. The van der Waals surface area contributed by atoms with Gasteiger partial charge in [0.2, 0.25) is 17.7 Å². The lowest BCUT2D eigenvalue weighted by Crippen LogP contribution is -2.60. The molecule has 5 atom stereocenters. The molecule has 2 aromatic carbocycles. The van der Waals surface area contributed by atoms with Gasteiger partial charge in [-0.2, -0.15) is 0 Å². The summed E-state index contributed by atoms with van der Waals surface area (Å²) in [4.78, 5) is 61.0. The van der Waals surface area contributed by atoms with Crippen LogP contribution in [0.25, 0.3) is 0 Å². The van der Waals surface area contributed by atoms with E-state index in [2.05, 4.69) is 10.6 Å². The van der Waals surface area contributed by atoms with Crippen LogP contribution in [0.2, 0.25) is 0 Å². The molecule has 0 saturated carbocycles. The van der Waals surface area contributed by atoms with Crippen molar-refractivity contribution in [2.24, 2.45) is 5.73 Å². The molecule has 12 heteroatoms. The third-order valence-electron chi connectivity index (χ3n) is 5.61. The van der Waals surface area contributed by atoms with E-state index in [0.717, 1.165) is 5.56 Å². The number of aliphatic hydroxyl groups excluding tert-OH is 1. The average Bonchev–Trinajstić information content (AvgIpc) is 2.86. The maximum absolute atomic E-state index is 13.2. The van der Waals surface area contributed by atoms with Crippen LogP contribution in [0, 0.1) is 0 Å². The zero-order valence-corrected chi connectivity index (χ0v) is 20.7. The second kappa shape index (κ2) is 14.4. The van der Waals surface area contributed by atoms with E-state index in [1.54, 1.807) is 42.5 Å². The molecule has 0 aliphatic rings. The smallest absolute Gasteiger partial charge is 0.326 e. The first-order valence-corrected chi connectivity index (χ1v) is 11.8. The molecular weight excluding hydrogens is 496 g/mol. The Hall–Kier alpha value is -4.29. The first-order valence-electron chi connectivity index (χ1n) is 11.8. The molecule has 2 aromatic rings. The van der Waals surface area contributed by atoms with Gasteiger partial charge in [-0.3, -0.25) is 19.2 Å². The fraction of sp³-hybridized carbons (Fsp3) is 0.346. The van der Waals surface area contributed by atoms with Gasteiger partial charge in [-0.05, 0) is 24.5 Å². The van der Waals surface area contributed by atoms with Gasteiger partial charge in [-0.25, -0.2) is 4.79 Å². The topological polar surface area (TPSA) is 208 Å². The van der Waals surface area contributed by atoms with Crippen molar-refractivity contribution >= 4 is 29.7 Å². The van der Waals surface area contributed by atoms with Gasteiger partial charge in [0.25, 0.3) is 0 Å². The van der Waals surface area contributed by atoms with Crippen molar-refractivity contribution in [2.75, 3.05) is 0 Å². The van der Waals surface area contributed by atoms with E-state index in [-0.39, 0.29) is 12.8 Å². The first-order chi connectivity index (χ1) is 18.0. The predicted octanol–water partition coefficient (Wildman–Crippen LogP) is -0.806. The zero-order chi connectivity index (χ0) is 28.2. The standard InChI is InChI=1S/C26H32N4O8/c1-15(31)22(25(36)29-20(26(37)38)14-21(32)33)30-24(35)19(13-17-10-6-3-7-11-17)28-23(34)18(27)12-16-8-4-2-5-9-16/h2-11,15,18-20,22,31H,12-14,27H2,1H3,(H,28,34)(H,29,36)(H,30,35)(H,32,33)(H,37,38). The minimum atomic E-state index is -1.78. The number of carbonyl (C=O) groups excluding carboxylic acids is 3. The predicted molar refractivity (Wildman–Crippen MR) is 136 cm³/mol. The third-order valence-corrected chi connectivity index (χ3v) is 5.61. The number of nitrogens with one attached hydrogen (secondary N) is 3. The van der Waals surface area contributed by atoms with Gasteiger partial charge in [-0.15, -0.1) is 0 Å². The van der Waals surface area contributed by atoms with E-state index >= 15 is 0 Å². The first kappa shape index (κ1) is 29.9. The van der Waals surface area contributed by atoms with E-state index < -0.39 is 66.4 Å². The van der Waals surface area contributed by atoms with Gasteiger partial charge in [0.1, 0.15) is 18.1 Å². The van der Waals surface area contributed by atoms with Crippen molar-refractivity contribution in [1.82, 2.24) is 16.0 Å². The maximum Gasteiger partial charge on any atom is 0.326 e. The molecule has 0 saturated heterocycles. The Morgan fingerprint density at radius 1 is 0.737 bits per heavy atom. The van der Waals surface area contributed by atoms with E-state index in [0.29, 0.717) is 5.56 Å². The number of aliphatic carboxylic acids is 2.